The number of nitriles is 1. The molecule has 0 aliphatic rings. The van der Waals surface area contributed by atoms with Crippen molar-refractivity contribution in [1.29, 1.82) is 5.26 Å². The fraction of sp³-hybridized carbons (Fsp3) is 0.333. The third-order valence-corrected chi connectivity index (χ3v) is 5.96. The van der Waals surface area contributed by atoms with Crippen LogP contribution in [0, 0.1) is 30.6 Å². The third-order valence-electron chi connectivity index (χ3n) is 5.96. The van der Waals surface area contributed by atoms with Gasteiger partial charge in [0.25, 0.3) is 5.91 Å². The van der Waals surface area contributed by atoms with Gasteiger partial charge in [-0.25, -0.2) is 0 Å². The van der Waals surface area contributed by atoms with Crippen LogP contribution in [-0.2, 0) is 6.18 Å². The van der Waals surface area contributed by atoms with Crippen molar-refractivity contribution in [3.8, 4) is 22.9 Å². The van der Waals surface area contributed by atoms with E-state index in [0.29, 0.717) is 23.3 Å². The van der Waals surface area contributed by atoms with Gasteiger partial charge in [0.05, 0.1) is 11.6 Å². The number of halogens is 3. The highest BCUT2D eigenvalue weighted by Gasteiger charge is 2.30. The first-order chi connectivity index (χ1) is 17.3. The molecule has 1 atom stereocenters. The highest BCUT2D eigenvalue weighted by molar-refractivity contribution is 5.94. The second-order valence-electron chi connectivity index (χ2n) is 10.3. The number of carbonyl (C=O) groups excluding carboxylic acids is 1. The van der Waals surface area contributed by atoms with E-state index in [2.05, 4.69) is 26.1 Å². The molecule has 3 aromatic carbocycles. The van der Waals surface area contributed by atoms with Gasteiger partial charge in [0.15, 0.2) is 0 Å². The zero-order valence-electron chi connectivity index (χ0n) is 21.7. The molecule has 0 aromatic heterocycles. The first kappa shape index (κ1) is 27.8. The quantitative estimate of drug-likeness (QED) is 0.331. The molecule has 0 spiro atoms. The lowest BCUT2D eigenvalue weighted by atomic mass is 9.86. The smallest absolute Gasteiger partial charge is 0.416 e. The van der Waals surface area contributed by atoms with Gasteiger partial charge in [-0.3, -0.25) is 4.79 Å². The van der Waals surface area contributed by atoms with Crippen molar-refractivity contribution in [1.82, 2.24) is 5.32 Å². The number of amides is 1. The number of aryl methyl sites for hydroxylation is 2. The number of nitrogens with zero attached hydrogens (tertiary/aromatic N) is 1. The molecule has 0 aliphatic heterocycles. The minimum atomic E-state index is -4.37. The predicted octanol–water partition coefficient (Wildman–Crippen LogP) is 7.80. The Kier molecular flexibility index (Phi) is 8.32. The molecule has 0 bridgehead atoms. The summed E-state index contributed by atoms with van der Waals surface area (Å²) >= 11 is 0. The summed E-state index contributed by atoms with van der Waals surface area (Å²) in [7, 11) is 0. The number of ether oxygens (including phenoxy) is 1. The van der Waals surface area contributed by atoms with Crippen LogP contribution in [0.1, 0.15) is 65.9 Å². The van der Waals surface area contributed by atoms with Crippen molar-refractivity contribution in [2.45, 2.75) is 53.3 Å². The fourth-order valence-electron chi connectivity index (χ4n) is 4.29. The van der Waals surface area contributed by atoms with E-state index in [4.69, 9.17) is 10.00 Å². The summed E-state index contributed by atoms with van der Waals surface area (Å²) in [5.74, 6) is 0.349. The van der Waals surface area contributed by atoms with Gasteiger partial charge in [0.2, 0.25) is 0 Å². The molecule has 1 N–H and O–H groups in total. The molecule has 0 heterocycles. The Balaban J connectivity index is 1.88. The molecule has 0 saturated heterocycles. The molecule has 3 rings (SSSR count). The predicted molar refractivity (Wildman–Crippen MR) is 138 cm³/mol. The molecule has 3 aromatic rings. The summed E-state index contributed by atoms with van der Waals surface area (Å²) in [5, 5.41) is 11.2. The summed E-state index contributed by atoms with van der Waals surface area (Å²) < 4.78 is 45.4. The van der Waals surface area contributed by atoms with Gasteiger partial charge in [0, 0.05) is 5.56 Å². The standard InChI is InChI=1S/C30H31F3N2O2/c1-19-16-25(17-20(2)27(19)22-10-12-24(13-11-22)30(31,32)33)37-26(18-29(3,4)5)21-6-8-23(9-7-21)28(36)35-15-14-34/h6-13,16-17,26H,15,18H2,1-5H3,(H,35,36). The van der Waals surface area contributed by atoms with Gasteiger partial charge < -0.3 is 10.1 Å². The SMILES string of the molecule is Cc1cc(OC(CC(C)(C)C)c2ccc(C(=O)NCC#N)cc2)cc(C)c1-c1ccc(C(F)(F)F)cc1. The van der Waals surface area contributed by atoms with E-state index in [-0.39, 0.29) is 24.0 Å². The number of hydrogen-bond donors (Lipinski definition) is 1. The van der Waals surface area contributed by atoms with Crippen molar-refractivity contribution in [2.24, 2.45) is 5.41 Å². The van der Waals surface area contributed by atoms with E-state index in [1.54, 1.807) is 12.1 Å². The summed E-state index contributed by atoms with van der Waals surface area (Å²) in [6.07, 6.45) is -3.95. The summed E-state index contributed by atoms with van der Waals surface area (Å²) in [4.78, 5) is 12.1. The average Bonchev–Trinajstić information content (AvgIpc) is 2.81. The maximum atomic E-state index is 13.0. The molecular formula is C30H31F3N2O2. The Hall–Kier alpha value is -3.79. The Morgan fingerprint density at radius 3 is 2.03 bits per heavy atom. The first-order valence-electron chi connectivity index (χ1n) is 12.0. The Labute approximate surface area is 216 Å². The molecule has 0 radical (unpaired) electrons. The van der Waals surface area contributed by atoms with Crippen LogP contribution >= 0.6 is 0 Å². The van der Waals surface area contributed by atoms with Crippen LogP contribution in [0.5, 0.6) is 5.75 Å². The van der Waals surface area contributed by atoms with Crippen molar-refractivity contribution in [3.63, 3.8) is 0 Å². The highest BCUT2D eigenvalue weighted by Crippen LogP contribution is 2.37. The second kappa shape index (κ2) is 11.1. The van der Waals surface area contributed by atoms with Crippen LogP contribution in [0.3, 0.4) is 0 Å². The van der Waals surface area contributed by atoms with E-state index >= 15 is 0 Å². The number of alkyl halides is 3. The van der Waals surface area contributed by atoms with Gasteiger partial charge in [-0.15, -0.1) is 0 Å². The number of rotatable bonds is 7. The van der Waals surface area contributed by atoms with Crippen LogP contribution < -0.4 is 10.1 Å². The largest absolute Gasteiger partial charge is 0.486 e. The molecule has 1 amide bonds. The van der Waals surface area contributed by atoms with Crippen LogP contribution in [0.15, 0.2) is 60.7 Å². The van der Waals surface area contributed by atoms with Crippen LogP contribution in [0.25, 0.3) is 11.1 Å². The molecule has 1 unspecified atom stereocenters. The molecule has 0 aliphatic carbocycles. The normalized spacial score (nSPS) is 12.5. The Morgan fingerprint density at radius 2 is 1.54 bits per heavy atom. The molecule has 37 heavy (non-hydrogen) atoms. The zero-order chi connectivity index (χ0) is 27.4. The number of hydrogen-bond acceptors (Lipinski definition) is 3. The summed E-state index contributed by atoms with van der Waals surface area (Å²) in [6.45, 7) is 10.1. The van der Waals surface area contributed by atoms with E-state index < -0.39 is 11.7 Å². The minimum absolute atomic E-state index is 0.0439. The van der Waals surface area contributed by atoms with E-state index in [9.17, 15) is 18.0 Å². The molecule has 4 nitrogen and oxygen atoms in total. The van der Waals surface area contributed by atoms with Crippen LogP contribution in [-0.4, -0.2) is 12.5 Å². The minimum Gasteiger partial charge on any atom is -0.486 e. The fourth-order valence-corrected chi connectivity index (χ4v) is 4.29. The summed E-state index contributed by atoms with van der Waals surface area (Å²) in [6, 6.07) is 18.0. The highest BCUT2D eigenvalue weighted by atomic mass is 19.4. The van der Waals surface area contributed by atoms with Gasteiger partial charge in [-0.1, -0.05) is 45.0 Å². The van der Waals surface area contributed by atoms with E-state index in [1.807, 2.05) is 44.2 Å². The van der Waals surface area contributed by atoms with Crippen molar-refractivity contribution in [2.75, 3.05) is 6.54 Å². The van der Waals surface area contributed by atoms with Crippen molar-refractivity contribution < 1.29 is 22.7 Å². The third kappa shape index (κ3) is 7.36. The van der Waals surface area contributed by atoms with Gasteiger partial charge in [0.1, 0.15) is 18.4 Å². The van der Waals surface area contributed by atoms with Crippen molar-refractivity contribution >= 4 is 5.91 Å². The lowest BCUT2D eigenvalue weighted by Gasteiger charge is -2.28. The summed E-state index contributed by atoms with van der Waals surface area (Å²) in [5.41, 5.74) is 4.03. The average molecular weight is 509 g/mol. The van der Waals surface area contributed by atoms with Crippen molar-refractivity contribution in [3.05, 3.63) is 88.5 Å². The number of benzene rings is 3. The number of carbonyl (C=O) groups is 1. The van der Waals surface area contributed by atoms with Crippen LogP contribution in [0.4, 0.5) is 13.2 Å². The molecular weight excluding hydrogens is 477 g/mol. The van der Waals surface area contributed by atoms with Gasteiger partial charge >= 0.3 is 6.18 Å². The number of nitrogens with one attached hydrogen (secondary N) is 1. The first-order valence-corrected chi connectivity index (χ1v) is 12.0. The van der Waals surface area contributed by atoms with Gasteiger partial charge in [-0.05, 0) is 89.9 Å². The molecule has 194 valence electrons. The maximum absolute atomic E-state index is 13.0. The zero-order valence-corrected chi connectivity index (χ0v) is 21.7. The van der Waals surface area contributed by atoms with E-state index in [1.165, 1.54) is 12.1 Å². The monoisotopic (exact) mass is 508 g/mol. The Morgan fingerprint density at radius 1 is 0.973 bits per heavy atom. The molecule has 0 saturated carbocycles. The lowest BCUT2D eigenvalue weighted by Crippen LogP contribution is -2.23. The molecule has 0 fully saturated rings. The lowest BCUT2D eigenvalue weighted by molar-refractivity contribution is -0.137. The topological polar surface area (TPSA) is 62.1 Å². The molecule has 7 heteroatoms. The van der Waals surface area contributed by atoms with Crippen LogP contribution in [0.2, 0.25) is 0 Å². The van der Waals surface area contributed by atoms with Gasteiger partial charge in [-0.2, -0.15) is 18.4 Å². The Bertz CT molecular complexity index is 1260. The van der Waals surface area contributed by atoms with E-state index in [0.717, 1.165) is 34.4 Å². The second-order valence-corrected chi connectivity index (χ2v) is 10.3. The maximum Gasteiger partial charge on any atom is 0.416 e.